The van der Waals surface area contributed by atoms with Crippen LogP contribution in [0.1, 0.15) is 54.9 Å². The summed E-state index contributed by atoms with van der Waals surface area (Å²) in [6.07, 6.45) is 1.19. The molecule has 0 N–H and O–H groups in total. The molecule has 0 saturated heterocycles. The Labute approximate surface area is 181 Å². The summed E-state index contributed by atoms with van der Waals surface area (Å²) in [5.41, 5.74) is 2.23. The van der Waals surface area contributed by atoms with Gasteiger partial charge < -0.3 is 9.57 Å². The number of nitrogens with zero attached hydrogens (tertiary/aromatic N) is 1. The van der Waals surface area contributed by atoms with E-state index >= 15 is 0 Å². The number of ketones is 1. The van der Waals surface area contributed by atoms with E-state index in [-0.39, 0.29) is 11.7 Å². The maximum Gasteiger partial charge on any atom is 0.343 e. The number of rotatable bonds is 7. The summed E-state index contributed by atoms with van der Waals surface area (Å²) in [5, 5.41) is 4.73. The summed E-state index contributed by atoms with van der Waals surface area (Å²) in [7, 11) is 0. The van der Waals surface area contributed by atoms with Gasteiger partial charge in [-0.1, -0.05) is 54.0 Å². The van der Waals surface area contributed by atoms with Crippen molar-refractivity contribution < 1.29 is 19.2 Å². The molecular weight excluding hydrogens is 402 g/mol. The number of ether oxygens (including phenoxy) is 1. The van der Waals surface area contributed by atoms with Gasteiger partial charge in [0.05, 0.1) is 16.8 Å². The molecule has 0 bridgehead atoms. The number of Topliss-reactive ketones (excluding diaryl/α,β-unsaturated/α-hetero) is 1. The van der Waals surface area contributed by atoms with Gasteiger partial charge in [0.1, 0.15) is 12.4 Å². The number of halogens is 1. The summed E-state index contributed by atoms with van der Waals surface area (Å²) in [6.45, 7) is 4.10. The molecule has 3 rings (SSSR count). The van der Waals surface area contributed by atoms with E-state index in [0.717, 1.165) is 5.56 Å². The predicted octanol–water partition coefficient (Wildman–Crippen LogP) is 5.70. The van der Waals surface area contributed by atoms with Gasteiger partial charge in [-0.05, 0) is 49.1 Å². The SMILES string of the molecule is CCON=C(CC)C1=C(OC(=O)c2ccccc2)CC(c2ccc(Cl)cc2)CC1=O. The lowest BCUT2D eigenvalue weighted by molar-refractivity contribution is -0.116. The van der Waals surface area contributed by atoms with E-state index in [9.17, 15) is 9.59 Å². The van der Waals surface area contributed by atoms with Gasteiger partial charge in [-0.25, -0.2) is 4.79 Å². The van der Waals surface area contributed by atoms with Crippen LogP contribution in [0.2, 0.25) is 5.02 Å². The number of carbonyl (C=O) groups is 2. The summed E-state index contributed by atoms with van der Waals surface area (Å²) in [4.78, 5) is 31.0. The largest absolute Gasteiger partial charge is 0.427 e. The fraction of sp³-hybridized carbons (Fsp3) is 0.292. The van der Waals surface area contributed by atoms with Gasteiger partial charge in [0.25, 0.3) is 0 Å². The Hall–Kier alpha value is -2.92. The van der Waals surface area contributed by atoms with Crippen LogP contribution >= 0.6 is 11.6 Å². The zero-order chi connectivity index (χ0) is 21.5. The molecule has 0 amide bonds. The van der Waals surface area contributed by atoms with Crippen LogP contribution in [0.5, 0.6) is 0 Å². The predicted molar refractivity (Wildman–Crippen MR) is 117 cm³/mol. The molecule has 6 heteroatoms. The molecule has 2 aromatic rings. The second kappa shape index (κ2) is 10.2. The Morgan fingerprint density at radius 1 is 1.07 bits per heavy atom. The van der Waals surface area contributed by atoms with Crippen molar-refractivity contribution in [3.8, 4) is 0 Å². The maximum absolute atomic E-state index is 13.1. The molecular formula is C24H24ClNO4. The molecule has 1 aliphatic rings. The molecule has 156 valence electrons. The van der Waals surface area contributed by atoms with Crippen LogP contribution in [0.15, 0.2) is 71.1 Å². The third-order valence-electron chi connectivity index (χ3n) is 4.92. The van der Waals surface area contributed by atoms with Crippen LogP contribution in [-0.4, -0.2) is 24.1 Å². The van der Waals surface area contributed by atoms with Crippen LogP contribution in [0.4, 0.5) is 0 Å². The first-order chi connectivity index (χ1) is 14.5. The zero-order valence-corrected chi connectivity index (χ0v) is 17.8. The lowest BCUT2D eigenvalue weighted by Gasteiger charge is -2.26. The maximum atomic E-state index is 13.1. The van der Waals surface area contributed by atoms with Crippen molar-refractivity contribution in [2.75, 3.05) is 6.61 Å². The number of benzene rings is 2. The van der Waals surface area contributed by atoms with Crippen LogP contribution in [0.25, 0.3) is 0 Å². The van der Waals surface area contributed by atoms with Crippen molar-refractivity contribution in [1.82, 2.24) is 0 Å². The second-order valence-electron chi connectivity index (χ2n) is 6.94. The Morgan fingerprint density at radius 2 is 1.77 bits per heavy atom. The highest BCUT2D eigenvalue weighted by atomic mass is 35.5. The van der Waals surface area contributed by atoms with Crippen molar-refractivity contribution in [2.24, 2.45) is 5.16 Å². The number of esters is 1. The molecule has 0 spiro atoms. The van der Waals surface area contributed by atoms with Crippen LogP contribution in [-0.2, 0) is 14.4 Å². The van der Waals surface area contributed by atoms with Crippen molar-refractivity contribution >= 4 is 29.1 Å². The van der Waals surface area contributed by atoms with Gasteiger partial charge in [0.15, 0.2) is 5.78 Å². The molecule has 1 atom stereocenters. The number of oxime groups is 1. The van der Waals surface area contributed by atoms with Crippen LogP contribution < -0.4 is 0 Å². The molecule has 0 radical (unpaired) electrons. The third kappa shape index (κ3) is 5.16. The number of hydrogen-bond acceptors (Lipinski definition) is 5. The molecule has 30 heavy (non-hydrogen) atoms. The third-order valence-corrected chi connectivity index (χ3v) is 5.17. The summed E-state index contributed by atoms with van der Waals surface area (Å²) in [5.74, 6) is -0.389. The fourth-order valence-corrected chi connectivity index (χ4v) is 3.57. The molecule has 0 aromatic heterocycles. The standard InChI is InChI=1S/C24H24ClNO4/c1-3-20(26-29-4-2)23-21(27)14-18(16-10-12-19(25)13-11-16)15-22(23)30-24(28)17-8-6-5-7-9-17/h5-13,18H,3-4,14-15H2,1-2H3. The summed E-state index contributed by atoms with van der Waals surface area (Å²) in [6, 6.07) is 16.1. The normalized spacial score (nSPS) is 17.1. The first-order valence-electron chi connectivity index (χ1n) is 10.0. The second-order valence-corrected chi connectivity index (χ2v) is 7.38. The summed E-state index contributed by atoms with van der Waals surface area (Å²) < 4.78 is 5.76. The average Bonchev–Trinajstić information content (AvgIpc) is 2.76. The Balaban J connectivity index is 1.99. The monoisotopic (exact) mass is 425 g/mol. The smallest absolute Gasteiger partial charge is 0.343 e. The topological polar surface area (TPSA) is 65.0 Å². The average molecular weight is 426 g/mol. The highest BCUT2D eigenvalue weighted by Gasteiger charge is 2.33. The first-order valence-corrected chi connectivity index (χ1v) is 10.4. The van der Waals surface area contributed by atoms with Gasteiger partial charge >= 0.3 is 5.97 Å². The Kier molecular flexibility index (Phi) is 7.41. The van der Waals surface area contributed by atoms with Gasteiger partial charge in [0.2, 0.25) is 0 Å². The van der Waals surface area contributed by atoms with Crippen LogP contribution in [0.3, 0.4) is 0 Å². The molecule has 1 unspecified atom stereocenters. The van der Waals surface area contributed by atoms with Crippen molar-refractivity contribution in [1.29, 1.82) is 0 Å². The Bertz CT molecular complexity index is 964. The van der Waals surface area contributed by atoms with E-state index in [1.54, 1.807) is 36.4 Å². The molecule has 1 aliphatic carbocycles. The van der Waals surface area contributed by atoms with Crippen LogP contribution in [0, 0.1) is 0 Å². The van der Waals surface area contributed by atoms with Crippen molar-refractivity contribution in [2.45, 2.75) is 39.0 Å². The highest BCUT2D eigenvalue weighted by Crippen LogP contribution is 2.37. The summed E-state index contributed by atoms with van der Waals surface area (Å²) >= 11 is 6.00. The van der Waals surface area contributed by atoms with E-state index in [4.69, 9.17) is 21.2 Å². The Morgan fingerprint density at radius 3 is 2.40 bits per heavy atom. The number of carbonyl (C=O) groups excluding carboxylic acids is 2. The van der Waals surface area contributed by atoms with Gasteiger partial charge in [-0.15, -0.1) is 0 Å². The molecule has 0 aliphatic heterocycles. The minimum Gasteiger partial charge on any atom is -0.427 e. The lowest BCUT2D eigenvalue weighted by Crippen LogP contribution is -2.26. The van der Waals surface area contributed by atoms with Gasteiger partial charge in [-0.2, -0.15) is 0 Å². The minimum atomic E-state index is -0.500. The fourth-order valence-electron chi connectivity index (χ4n) is 3.44. The number of allylic oxidation sites excluding steroid dienone is 2. The minimum absolute atomic E-state index is 0.109. The van der Waals surface area contributed by atoms with E-state index < -0.39 is 5.97 Å². The van der Waals surface area contributed by atoms with Crippen molar-refractivity contribution in [3.05, 3.63) is 82.1 Å². The molecule has 0 saturated carbocycles. The first kappa shape index (κ1) is 21.8. The van der Waals surface area contributed by atoms with E-state index in [1.165, 1.54) is 0 Å². The molecule has 2 aromatic carbocycles. The van der Waals surface area contributed by atoms with Gasteiger partial charge in [0, 0.05) is 17.9 Å². The van der Waals surface area contributed by atoms with E-state index in [2.05, 4.69) is 5.16 Å². The van der Waals surface area contributed by atoms with Gasteiger partial charge in [-0.3, -0.25) is 4.79 Å². The molecule has 0 fully saturated rings. The molecule has 0 heterocycles. The quantitative estimate of drug-likeness (QED) is 0.324. The highest BCUT2D eigenvalue weighted by molar-refractivity contribution is 6.30. The zero-order valence-electron chi connectivity index (χ0n) is 17.1. The number of hydrogen-bond donors (Lipinski definition) is 0. The van der Waals surface area contributed by atoms with E-state index in [1.807, 2.05) is 32.0 Å². The lowest BCUT2D eigenvalue weighted by atomic mass is 9.81. The van der Waals surface area contributed by atoms with Crippen molar-refractivity contribution in [3.63, 3.8) is 0 Å². The van der Waals surface area contributed by atoms with E-state index in [0.29, 0.717) is 53.5 Å². The molecule has 5 nitrogen and oxygen atoms in total.